The highest BCUT2D eigenvalue weighted by Crippen LogP contribution is 2.47. The summed E-state index contributed by atoms with van der Waals surface area (Å²) in [4.78, 5) is 6.17. The van der Waals surface area contributed by atoms with Crippen molar-refractivity contribution in [1.29, 1.82) is 0 Å². The molecule has 1 aromatic rings. The van der Waals surface area contributed by atoms with Crippen LogP contribution >= 0.6 is 11.3 Å². The Hall–Kier alpha value is -0.410. The van der Waals surface area contributed by atoms with Crippen molar-refractivity contribution in [3.8, 4) is 0 Å². The van der Waals surface area contributed by atoms with Gasteiger partial charge in [-0.25, -0.2) is 4.98 Å². The molecule has 1 heterocycles. The maximum atomic E-state index is 6.23. The summed E-state index contributed by atoms with van der Waals surface area (Å²) in [5, 5.41) is 1.35. The second-order valence-corrected chi connectivity index (χ2v) is 6.85. The summed E-state index contributed by atoms with van der Waals surface area (Å²) in [7, 11) is 0. The molecule has 0 aromatic carbocycles. The van der Waals surface area contributed by atoms with E-state index >= 15 is 0 Å². The lowest BCUT2D eigenvalue weighted by Gasteiger charge is -2.32. The average Bonchev–Trinajstić information content (AvgIpc) is 2.86. The van der Waals surface area contributed by atoms with Gasteiger partial charge in [-0.3, -0.25) is 0 Å². The quantitative estimate of drug-likeness (QED) is 0.793. The van der Waals surface area contributed by atoms with Crippen LogP contribution in [0.15, 0.2) is 0 Å². The highest BCUT2D eigenvalue weighted by Gasteiger charge is 2.35. The monoisotopic (exact) mass is 222 g/mol. The SMILES string of the molecule is CC1(C)Cc2nc(C3CC3)sc2C(N)C1. The zero-order chi connectivity index (χ0) is 10.6. The molecule has 1 unspecified atom stereocenters. The molecule has 1 fully saturated rings. The molecule has 1 saturated carbocycles. The standard InChI is InChI=1S/C12H18N2S/c1-12(2)5-8(13)10-9(6-12)14-11(15-10)7-3-4-7/h7-8H,3-6,13H2,1-2H3. The smallest absolute Gasteiger partial charge is 0.0962 e. The van der Waals surface area contributed by atoms with Crippen molar-refractivity contribution in [1.82, 2.24) is 4.98 Å². The predicted octanol–water partition coefficient (Wildman–Crippen LogP) is 2.99. The maximum Gasteiger partial charge on any atom is 0.0962 e. The molecule has 15 heavy (non-hydrogen) atoms. The zero-order valence-electron chi connectivity index (χ0n) is 9.42. The van der Waals surface area contributed by atoms with Gasteiger partial charge in [0.15, 0.2) is 0 Å². The number of aromatic nitrogens is 1. The molecule has 2 nitrogen and oxygen atoms in total. The van der Waals surface area contributed by atoms with Crippen LogP contribution in [-0.4, -0.2) is 4.98 Å². The third kappa shape index (κ3) is 1.72. The summed E-state index contributed by atoms with van der Waals surface area (Å²) in [5.74, 6) is 0.774. The van der Waals surface area contributed by atoms with Crippen molar-refractivity contribution in [2.45, 2.75) is 51.5 Å². The summed E-state index contributed by atoms with van der Waals surface area (Å²) in [6.07, 6.45) is 4.89. The Bertz CT molecular complexity index is 390. The molecular formula is C12H18N2S. The van der Waals surface area contributed by atoms with Crippen LogP contribution in [0.5, 0.6) is 0 Å². The maximum absolute atomic E-state index is 6.23. The number of rotatable bonds is 1. The van der Waals surface area contributed by atoms with Gasteiger partial charge in [0.2, 0.25) is 0 Å². The Labute approximate surface area is 94.9 Å². The second-order valence-electron chi connectivity index (χ2n) is 5.79. The summed E-state index contributed by atoms with van der Waals surface area (Å²) in [6.45, 7) is 4.60. The van der Waals surface area contributed by atoms with Gasteiger partial charge >= 0.3 is 0 Å². The first-order chi connectivity index (χ1) is 7.05. The lowest BCUT2D eigenvalue weighted by atomic mass is 9.77. The zero-order valence-corrected chi connectivity index (χ0v) is 10.2. The number of nitrogens with zero attached hydrogens (tertiary/aromatic N) is 1. The molecular weight excluding hydrogens is 204 g/mol. The first-order valence-electron chi connectivity index (χ1n) is 5.80. The molecule has 0 saturated heterocycles. The number of thiazole rings is 1. The van der Waals surface area contributed by atoms with Crippen LogP contribution in [0.3, 0.4) is 0 Å². The molecule has 1 aromatic heterocycles. The van der Waals surface area contributed by atoms with Crippen molar-refractivity contribution in [3.05, 3.63) is 15.6 Å². The Morgan fingerprint density at radius 2 is 2.13 bits per heavy atom. The van der Waals surface area contributed by atoms with E-state index in [1.54, 1.807) is 0 Å². The molecule has 0 radical (unpaired) electrons. The van der Waals surface area contributed by atoms with Crippen LogP contribution in [0.4, 0.5) is 0 Å². The van der Waals surface area contributed by atoms with E-state index in [9.17, 15) is 0 Å². The third-order valence-electron chi connectivity index (χ3n) is 3.43. The summed E-state index contributed by atoms with van der Waals surface area (Å²) in [6, 6.07) is 0.230. The Balaban J connectivity index is 1.98. The molecule has 0 bridgehead atoms. The second kappa shape index (κ2) is 3.05. The molecule has 1 atom stereocenters. The van der Waals surface area contributed by atoms with Gasteiger partial charge in [0, 0.05) is 16.8 Å². The largest absolute Gasteiger partial charge is 0.323 e. The molecule has 3 heteroatoms. The van der Waals surface area contributed by atoms with Crippen molar-refractivity contribution < 1.29 is 0 Å². The fourth-order valence-electron chi connectivity index (χ4n) is 2.52. The molecule has 3 rings (SSSR count). The lowest BCUT2D eigenvalue weighted by molar-refractivity contribution is 0.282. The van der Waals surface area contributed by atoms with Gasteiger partial charge in [-0.2, -0.15) is 0 Å². The van der Waals surface area contributed by atoms with Crippen LogP contribution < -0.4 is 5.73 Å². The van der Waals surface area contributed by atoms with E-state index in [1.807, 2.05) is 11.3 Å². The topological polar surface area (TPSA) is 38.9 Å². The molecule has 2 N–H and O–H groups in total. The molecule has 2 aliphatic carbocycles. The van der Waals surface area contributed by atoms with Crippen molar-refractivity contribution >= 4 is 11.3 Å². The van der Waals surface area contributed by atoms with Crippen molar-refractivity contribution in [3.63, 3.8) is 0 Å². The average molecular weight is 222 g/mol. The van der Waals surface area contributed by atoms with Gasteiger partial charge in [-0.15, -0.1) is 11.3 Å². The molecule has 0 amide bonds. The Morgan fingerprint density at radius 3 is 2.80 bits per heavy atom. The molecule has 0 aliphatic heterocycles. The van der Waals surface area contributed by atoms with Crippen LogP contribution in [0, 0.1) is 5.41 Å². The minimum absolute atomic E-state index is 0.230. The third-order valence-corrected chi connectivity index (χ3v) is 4.82. The van der Waals surface area contributed by atoms with E-state index in [0.29, 0.717) is 5.41 Å². The van der Waals surface area contributed by atoms with Gasteiger partial charge < -0.3 is 5.73 Å². The van der Waals surface area contributed by atoms with Gasteiger partial charge in [-0.1, -0.05) is 13.8 Å². The summed E-state index contributed by atoms with van der Waals surface area (Å²) < 4.78 is 0. The number of nitrogens with two attached hydrogens (primary N) is 1. The van der Waals surface area contributed by atoms with Gasteiger partial charge in [-0.05, 0) is 31.1 Å². The normalized spacial score (nSPS) is 28.9. The minimum atomic E-state index is 0.230. The van der Waals surface area contributed by atoms with E-state index in [0.717, 1.165) is 18.8 Å². The fourth-order valence-corrected chi connectivity index (χ4v) is 3.77. The highest BCUT2D eigenvalue weighted by molar-refractivity contribution is 7.12. The van der Waals surface area contributed by atoms with Crippen LogP contribution in [0.25, 0.3) is 0 Å². The Kier molecular flexibility index (Phi) is 1.99. The molecule has 0 spiro atoms. The molecule has 82 valence electrons. The van der Waals surface area contributed by atoms with E-state index in [1.165, 1.54) is 28.4 Å². The van der Waals surface area contributed by atoms with Gasteiger partial charge in [0.1, 0.15) is 0 Å². The predicted molar refractivity (Wildman–Crippen MR) is 63.1 cm³/mol. The Morgan fingerprint density at radius 1 is 1.40 bits per heavy atom. The lowest BCUT2D eigenvalue weighted by Crippen LogP contribution is -2.28. The van der Waals surface area contributed by atoms with Gasteiger partial charge in [0.25, 0.3) is 0 Å². The first kappa shape index (κ1) is 9.79. The van der Waals surface area contributed by atoms with E-state index in [2.05, 4.69) is 13.8 Å². The van der Waals surface area contributed by atoms with Crippen LogP contribution in [0.1, 0.15) is 60.6 Å². The minimum Gasteiger partial charge on any atom is -0.323 e. The van der Waals surface area contributed by atoms with E-state index < -0.39 is 0 Å². The fraction of sp³-hybridized carbons (Fsp3) is 0.750. The van der Waals surface area contributed by atoms with Crippen molar-refractivity contribution in [2.75, 3.05) is 0 Å². The molecule has 2 aliphatic rings. The number of hydrogen-bond acceptors (Lipinski definition) is 3. The number of hydrogen-bond donors (Lipinski definition) is 1. The van der Waals surface area contributed by atoms with Gasteiger partial charge in [0.05, 0.1) is 10.7 Å². The number of fused-ring (bicyclic) bond motifs is 1. The van der Waals surface area contributed by atoms with E-state index in [-0.39, 0.29) is 6.04 Å². The van der Waals surface area contributed by atoms with Crippen molar-refractivity contribution in [2.24, 2.45) is 11.1 Å². The van der Waals surface area contributed by atoms with Crippen LogP contribution in [0.2, 0.25) is 0 Å². The van der Waals surface area contributed by atoms with E-state index in [4.69, 9.17) is 10.7 Å². The first-order valence-corrected chi connectivity index (χ1v) is 6.62. The highest BCUT2D eigenvalue weighted by atomic mass is 32.1. The van der Waals surface area contributed by atoms with Crippen LogP contribution in [-0.2, 0) is 6.42 Å². The summed E-state index contributed by atoms with van der Waals surface area (Å²) >= 11 is 1.88. The summed E-state index contributed by atoms with van der Waals surface area (Å²) in [5.41, 5.74) is 7.86.